The number of nitrogens with zero attached hydrogens (tertiary/aromatic N) is 1. The van der Waals surface area contributed by atoms with Gasteiger partial charge in [0.2, 0.25) is 5.91 Å². The van der Waals surface area contributed by atoms with Gasteiger partial charge in [0.1, 0.15) is 5.82 Å². The van der Waals surface area contributed by atoms with Crippen molar-refractivity contribution in [1.29, 1.82) is 0 Å². The van der Waals surface area contributed by atoms with Gasteiger partial charge < -0.3 is 21.3 Å². The first-order valence-electron chi connectivity index (χ1n) is 8.29. The van der Waals surface area contributed by atoms with Crippen LogP contribution in [0.15, 0.2) is 24.3 Å². The van der Waals surface area contributed by atoms with E-state index in [9.17, 15) is 14.0 Å². The van der Waals surface area contributed by atoms with Gasteiger partial charge in [-0.1, -0.05) is 19.1 Å². The summed E-state index contributed by atoms with van der Waals surface area (Å²) in [6.45, 7) is 3.91. The highest BCUT2D eigenvalue weighted by atomic mass is 35.5. The molecule has 6 nitrogen and oxygen atoms in total. The zero-order valence-electron chi connectivity index (χ0n) is 14.3. The van der Waals surface area contributed by atoms with Crippen LogP contribution in [-0.2, 0) is 4.79 Å². The van der Waals surface area contributed by atoms with Crippen molar-refractivity contribution >= 4 is 30.0 Å². The van der Waals surface area contributed by atoms with E-state index in [0.717, 1.165) is 12.8 Å². The van der Waals surface area contributed by atoms with Crippen LogP contribution < -0.4 is 16.4 Å². The molecule has 3 amide bonds. The molecule has 1 aromatic carbocycles. The van der Waals surface area contributed by atoms with Gasteiger partial charge >= 0.3 is 6.03 Å². The first-order valence-corrected chi connectivity index (χ1v) is 8.29. The third kappa shape index (κ3) is 6.17. The minimum atomic E-state index is -0.479. The van der Waals surface area contributed by atoms with Gasteiger partial charge in [0.25, 0.3) is 0 Å². The molecule has 0 aromatic heterocycles. The fraction of sp³-hybridized carbons (Fsp3) is 0.529. The minimum Gasteiger partial charge on any atom is -0.355 e. The molecular weight excluding hydrogens is 347 g/mol. The number of benzene rings is 1. The van der Waals surface area contributed by atoms with Gasteiger partial charge in [-0.25, -0.2) is 9.18 Å². The lowest BCUT2D eigenvalue weighted by Crippen LogP contribution is -2.47. The van der Waals surface area contributed by atoms with E-state index in [1.807, 2.05) is 6.92 Å². The molecule has 1 aliphatic heterocycles. The smallest absolute Gasteiger partial charge is 0.321 e. The molecule has 0 bridgehead atoms. The van der Waals surface area contributed by atoms with E-state index in [1.165, 1.54) is 12.1 Å². The number of nitrogens with two attached hydrogens (primary N) is 1. The third-order valence-electron chi connectivity index (χ3n) is 4.22. The van der Waals surface area contributed by atoms with E-state index in [-0.39, 0.29) is 41.9 Å². The molecule has 0 spiro atoms. The van der Waals surface area contributed by atoms with Gasteiger partial charge in [-0.3, -0.25) is 4.79 Å². The largest absolute Gasteiger partial charge is 0.355 e. The third-order valence-corrected chi connectivity index (χ3v) is 4.22. The molecule has 1 fully saturated rings. The summed E-state index contributed by atoms with van der Waals surface area (Å²) in [6, 6.07) is 5.64. The Morgan fingerprint density at radius 3 is 2.80 bits per heavy atom. The summed E-state index contributed by atoms with van der Waals surface area (Å²) in [7, 11) is 0. The summed E-state index contributed by atoms with van der Waals surface area (Å²) < 4.78 is 13.6. The Kier molecular flexibility index (Phi) is 8.65. The molecule has 0 saturated carbocycles. The number of anilines is 1. The van der Waals surface area contributed by atoms with E-state index in [0.29, 0.717) is 26.2 Å². The Bertz CT molecular complexity index is 588. The quantitative estimate of drug-likeness (QED) is 0.740. The monoisotopic (exact) mass is 372 g/mol. The topological polar surface area (TPSA) is 87.5 Å². The minimum absolute atomic E-state index is 0. The molecule has 8 heteroatoms. The van der Waals surface area contributed by atoms with Crippen LogP contribution >= 0.6 is 12.4 Å². The molecule has 2 atom stereocenters. The zero-order chi connectivity index (χ0) is 17.5. The SMILES string of the molecule is CC(CN)CNC(=O)C1CCCN(C(=O)Nc2ccccc2F)C1.Cl. The number of carbonyl (C=O) groups is 2. The molecular formula is C17H26ClFN4O2. The molecule has 1 aliphatic rings. The second-order valence-electron chi connectivity index (χ2n) is 6.28. The van der Waals surface area contributed by atoms with Crippen molar-refractivity contribution in [3.05, 3.63) is 30.1 Å². The Balaban J connectivity index is 0.00000312. The molecule has 140 valence electrons. The van der Waals surface area contributed by atoms with Crippen molar-refractivity contribution in [1.82, 2.24) is 10.2 Å². The Morgan fingerprint density at radius 2 is 2.12 bits per heavy atom. The van der Waals surface area contributed by atoms with E-state index < -0.39 is 5.82 Å². The fourth-order valence-corrected chi connectivity index (χ4v) is 2.63. The number of carbonyl (C=O) groups excluding carboxylic acids is 2. The number of hydrogen-bond donors (Lipinski definition) is 3. The summed E-state index contributed by atoms with van der Waals surface area (Å²) in [6.07, 6.45) is 1.49. The number of amides is 3. The van der Waals surface area contributed by atoms with Crippen LogP contribution in [0.1, 0.15) is 19.8 Å². The highest BCUT2D eigenvalue weighted by molar-refractivity contribution is 5.90. The maximum atomic E-state index is 13.6. The van der Waals surface area contributed by atoms with Crippen LogP contribution in [0, 0.1) is 17.7 Å². The van der Waals surface area contributed by atoms with E-state index >= 15 is 0 Å². The van der Waals surface area contributed by atoms with Crippen LogP contribution in [0.2, 0.25) is 0 Å². The standard InChI is InChI=1S/C17H25FN4O2.ClH/c1-12(9-19)10-20-16(23)13-5-4-8-22(11-13)17(24)21-15-7-3-2-6-14(15)18;/h2-3,6-7,12-13H,4-5,8-11,19H2,1H3,(H,20,23)(H,21,24);1H. The molecule has 0 aliphatic carbocycles. The summed E-state index contributed by atoms with van der Waals surface area (Å²) in [4.78, 5) is 26.1. The first kappa shape index (κ1) is 21.2. The van der Waals surface area contributed by atoms with Crippen molar-refractivity contribution in [2.24, 2.45) is 17.6 Å². The van der Waals surface area contributed by atoms with Crippen LogP contribution in [0.3, 0.4) is 0 Å². The number of piperidine rings is 1. The Morgan fingerprint density at radius 1 is 1.40 bits per heavy atom. The van der Waals surface area contributed by atoms with Crippen molar-refractivity contribution < 1.29 is 14.0 Å². The average Bonchev–Trinajstić information content (AvgIpc) is 2.61. The molecule has 0 radical (unpaired) electrons. The molecule has 1 aromatic rings. The second-order valence-corrected chi connectivity index (χ2v) is 6.28. The normalized spacial score (nSPS) is 18.0. The van der Waals surface area contributed by atoms with Crippen molar-refractivity contribution in [2.45, 2.75) is 19.8 Å². The molecule has 1 heterocycles. The molecule has 4 N–H and O–H groups in total. The number of rotatable bonds is 5. The number of hydrogen-bond acceptors (Lipinski definition) is 3. The van der Waals surface area contributed by atoms with E-state index in [2.05, 4.69) is 10.6 Å². The summed E-state index contributed by atoms with van der Waals surface area (Å²) >= 11 is 0. The van der Waals surface area contributed by atoms with Gasteiger partial charge in [-0.05, 0) is 37.4 Å². The highest BCUT2D eigenvalue weighted by Gasteiger charge is 2.28. The van der Waals surface area contributed by atoms with Gasteiger partial charge in [-0.2, -0.15) is 0 Å². The summed E-state index contributed by atoms with van der Waals surface area (Å²) in [5, 5.41) is 5.45. The average molecular weight is 373 g/mol. The Hall–Kier alpha value is -1.86. The van der Waals surface area contributed by atoms with Crippen molar-refractivity contribution in [2.75, 3.05) is 31.5 Å². The zero-order valence-corrected chi connectivity index (χ0v) is 15.2. The maximum absolute atomic E-state index is 13.6. The van der Waals surface area contributed by atoms with Crippen LogP contribution in [0.25, 0.3) is 0 Å². The summed E-state index contributed by atoms with van der Waals surface area (Å²) in [5.41, 5.74) is 5.69. The number of nitrogens with one attached hydrogen (secondary N) is 2. The number of halogens is 2. The van der Waals surface area contributed by atoms with E-state index in [4.69, 9.17) is 5.73 Å². The highest BCUT2D eigenvalue weighted by Crippen LogP contribution is 2.19. The van der Waals surface area contributed by atoms with Crippen molar-refractivity contribution in [3.8, 4) is 0 Å². The van der Waals surface area contributed by atoms with Gasteiger partial charge in [0.05, 0.1) is 11.6 Å². The Labute approximate surface area is 153 Å². The van der Waals surface area contributed by atoms with Crippen molar-refractivity contribution in [3.63, 3.8) is 0 Å². The van der Waals surface area contributed by atoms with E-state index in [1.54, 1.807) is 17.0 Å². The van der Waals surface area contributed by atoms with Gasteiger partial charge in [0.15, 0.2) is 0 Å². The molecule has 2 unspecified atom stereocenters. The number of likely N-dealkylation sites (tertiary alicyclic amines) is 1. The van der Waals surface area contributed by atoms with Crippen LogP contribution in [-0.4, -0.2) is 43.0 Å². The predicted octanol–water partition coefficient (Wildman–Crippen LogP) is 2.20. The van der Waals surface area contributed by atoms with Gasteiger partial charge in [0, 0.05) is 19.6 Å². The predicted molar refractivity (Wildman–Crippen MR) is 98.2 cm³/mol. The number of para-hydroxylation sites is 1. The number of urea groups is 1. The molecule has 25 heavy (non-hydrogen) atoms. The second kappa shape index (κ2) is 10.2. The maximum Gasteiger partial charge on any atom is 0.321 e. The summed E-state index contributed by atoms with van der Waals surface area (Å²) in [5.74, 6) is -0.556. The molecule has 1 saturated heterocycles. The van der Waals surface area contributed by atoms with Crippen LogP contribution in [0.5, 0.6) is 0 Å². The fourth-order valence-electron chi connectivity index (χ4n) is 2.63. The van der Waals surface area contributed by atoms with Crippen LogP contribution in [0.4, 0.5) is 14.9 Å². The lowest BCUT2D eigenvalue weighted by Gasteiger charge is -2.32. The first-order chi connectivity index (χ1) is 11.5. The van der Waals surface area contributed by atoms with Gasteiger partial charge in [-0.15, -0.1) is 12.4 Å². The lowest BCUT2D eigenvalue weighted by molar-refractivity contribution is -0.126. The molecule has 2 rings (SSSR count). The lowest BCUT2D eigenvalue weighted by atomic mass is 9.97.